The second-order valence-electron chi connectivity index (χ2n) is 4.63. The molecular weight excluding hydrogens is 325 g/mol. The highest BCUT2D eigenvalue weighted by Crippen LogP contribution is 2.29. The number of alkyl halides is 1. The summed E-state index contributed by atoms with van der Waals surface area (Å²) in [6.07, 6.45) is 2.28. The second kappa shape index (κ2) is 5.79. The van der Waals surface area contributed by atoms with E-state index in [1.54, 1.807) is 12.3 Å². The van der Waals surface area contributed by atoms with E-state index in [-0.39, 0.29) is 11.9 Å². The number of pyridine rings is 1. The van der Waals surface area contributed by atoms with Crippen molar-refractivity contribution in [3.8, 4) is 11.5 Å². The third kappa shape index (κ3) is 2.93. The van der Waals surface area contributed by atoms with Crippen molar-refractivity contribution in [2.75, 3.05) is 6.61 Å². The lowest BCUT2D eigenvalue weighted by molar-refractivity contribution is 0.148. The SMILES string of the molecule is Fc1ccc2c(c1)CC(COc1ccc(CBr)nc1)O2. The van der Waals surface area contributed by atoms with Gasteiger partial charge in [-0.2, -0.15) is 0 Å². The molecule has 1 aromatic carbocycles. The first-order valence-corrected chi connectivity index (χ1v) is 7.45. The number of halogens is 2. The predicted molar refractivity (Wildman–Crippen MR) is 76.9 cm³/mol. The third-order valence-corrected chi connectivity index (χ3v) is 3.71. The molecule has 0 saturated heterocycles. The van der Waals surface area contributed by atoms with Crippen LogP contribution in [0.4, 0.5) is 4.39 Å². The molecule has 0 amide bonds. The lowest BCUT2D eigenvalue weighted by Crippen LogP contribution is -2.22. The van der Waals surface area contributed by atoms with Crippen molar-refractivity contribution in [2.24, 2.45) is 0 Å². The van der Waals surface area contributed by atoms with Crippen molar-refractivity contribution in [2.45, 2.75) is 17.9 Å². The zero-order valence-corrected chi connectivity index (χ0v) is 12.3. The number of aromatic nitrogens is 1. The van der Waals surface area contributed by atoms with Gasteiger partial charge < -0.3 is 9.47 Å². The first-order chi connectivity index (χ1) is 9.74. The van der Waals surface area contributed by atoms with Crippen molar-refractivity contribution in [1.82, 2.24) is 4.98 Å². The molecular formula is C15H13BrFNO2. The Kier molecular flexibility index (Phi) is 3.87. The smallest absolute Gasteiger partial charge is 0.137 e. The molecule has 2 heterocycles. The van der Waals surface area contributed by atoms with E-state index in [0.29, 0.717) is 18.8 Å². The highest BCUT2D eigenvalue weighted by Gasteiger charge is 2.23. The number of hydrogen-bond acceptors (Lipinski definition) is 3. The summed E-state index contributed by atoms with van der Waals surface area (Å²) in [6, 6.07) is 8.37. The lowest BCUT2D eigenvalue weighted by atomic mass is 10.1. The maximum atomic E-state index is 13.1. The normalized spacial score (nSPS) is 16.6. The Hall–Kier alpha value is -1.62. The van der Waals surface area contributed by atoms with E-state index in [9.17, 15) is 4.39 Å². The fourth-order valence-electron chi connectivity index (χ4n) is 2.15. The van der Waals surface area contributed by atoms with Gasteiger partial charge in [0, 0.05) is 17.3 Å². The van der Waals surface area contributed by atoms with E-state index >= 15 is 0 Å². The van der Waals surface area contributed by atoms with Gasteiger partial charge >= 0.3 is 0 Å². The van der Waals surface area contributed by atoms with Crippen LogP contribution in [-0.2, 0) is 11.8 Å². The Bertz CT molecular complexity index is 603. The van der Waals surface area contributed by atoms with Crippen LogP contribution in [0, 0.1) is 5.82 Å². The first kappa shape index (κ1) is 13.4. The van der Waals surface area contributed by atoms with E-state index < -0.39 is 0 Å². The van der Waals surface area contributed by atoms with Gasteiger partial charge in [-0.1, -0.05) is 15.9 Å². The molecule has 1 aliphatic heterocycles. The van der Waals surface area contributed by atoms with Crippen LogP contribution in [0.2, 0.25) is 0 Å². The van der Waals surface area contributed by atoms with Gasteiger partial charge in [0.1, 0.15) is 30.0 Å². The summed E-state index contributed by atoms with van der Waals surface area (Å²) >= 11 is 3.34. The summed E-state index contributed by atoms with van der Waals surface area (Å²) in [5.41, 5.74) is 1.85. The molecule has 1 atom stereocenters. The molecule has 0 aliphatic carbocycles. The Morgan fingerprint density at radius 2 is 2.25 bits per heavy atom. The van der Waals surface area contributed by atoms with Crippen LogP contribution in [-0.4, -0.2) is 17.7 Å². The van der Waals surface area contributed by atoms with E-state index in [4.69, 9.17) is 9.47 Å². The summed E-state index contributed by atoms with van der Waals surface area (Å²) < 4.78 is 24.5. The molecule has 1 unspecified atom stereocenters. The maximum Gasteiger partial charge on any atom is 0.137 e. The molecule has 3 rings (SSSR count). The molecule has 0 bridgehead atoms. The van der Waals surface area contributed by atoms with E-state index in [1.165, 1.54) is 12.1 Å². The van der Waals surface area contributed by atoms with Crippen LogP contribution < -0.4 is 9.47 Å². The van der Waals surface area contributed by atoms with Gasteiger partial charge in [0.15, 0.2) is 0 Å². The van der Waals surface area contributed by atoms with E-state index in [1.807, 2.05) is 12.1 Å². The molecule has 1 aliphatic rings. The van der Waals surface area contributed by atoms with Gasteiger partial charge in [-0.3, -0.25) is 4.98 Å². The fraction of sp³-hybridized carbons (Fsp3) is 0.267. The van der Waals surface area contributed by atoms with Gasteiger partial charge in [-0.25, -0.2) is 4.39 Å². The number of nitrogens with zero attached hydrogens (tertiary/aromatic N) is 1. The summed E-state index contributed by atoms with van der Waals surface area (Å²) in [7, 11) is 0. The topological polar surface area (TPSA) is 31.4 Å². The Balaban J connectivity index is 1.58. The minimum Gasteiger partial charge on any atom is -0.488 e. The Morgan fingerprint density at radius 3 is 3.00 bits per heavy atom. The summed E-state index contributed by atoms with van der Waals surface area (Å²) in [6.45, 7) is 0.422. The van der Waals surface area contributed by atoms with Crippen LogP contribution in [0.1, 0.15) is 11.3 Å². The largest absolute Gasteiger partial charge is 0.488 e. The average Bonchev–Trinajstić information content (AvgIpc) is 2.87. The summed E-state index contributed by atoms with van der Waals surface area (Å²) in [5, 5.41) is 0.722. The molecule has 3 nitrogen and oxygen atoms in total. The molecule has 0 fully saturated rings. The first-order valence-electron chi connectivity index (χ1n) is 6.33. The maximum absolute atomic E-state index is 13.1. The van der Waals surface area contributed by atoms with E-state index in [0.717, 1.165) is 22.3 Å². The van der Waals surface area contributed by atoms with Crippen LogP contribution in [0.3, 0.4) is 0 Å². The average molecular weight is 338 g/mol. The lowest BCUT2D eigenvalue weighted by Gasteiger charge is -2.12. The van der Waals surface area contributed by atoms with Crippen molar-refractivity contribution in [3.63, 3.8) is 0 Å². The van der Waals surface area contributed by atoms with Crippen LogP contribution in [0.5, 0.6) is 11.5 Å². The van der Waals surface area contributed by atoms with Crippen molar-refractivity contribution < 1.29 is 13.9 Å². The number of benzene rings is 1. The van der Waals surface area contributed by atoms with Crippen LogP contribution >= 0.6 is 15.9 Å². The molecule has 1 aromatic heterocycles. The van der Waals surface area contributed by atoms with Gasteiger partial charge in [-0.15, -0.1) is 0 Å². The second-order valence-corrected chi connectivity index (χ2v) is 5.19. The molecule has 2 aromatic rings. The van der Waals surface area contributed by atoms with Gasteiger partial charge in [-0.05, 0) is 30.3 Å². The Morgan fingerprint density at radius 1 is 1.35 bits per heavy atom. The van der Waals surface area contributed by atoms with Crippen molar-refractivity contribution >= 4 is 15.9 Å². The molecule has 0 spiro atoms. The highest BCUT2D eigenvalue weighted by atomic mass is 79.9. The van der Waals surface area contributed by atoms with Gasteiger partial charge in [0.05, 0.1) is 11.9 Å². The third-order valence-electron chi connectivity index (χ3n) is 3.13. The molecule has 0 saturated carbocycles. The zero-order chi connectivity index (χ0) is 13.9. The molecule has 0 N–H and O–H groups in total. The summed E-state index contributed by atoms with van der Waals surface area (Å²) in [4.78, 5) is 4.23. The number of hydrogen-bond donors (Lipinski definition) is 0. The molecule has 5 heteroatoms. The van der Waals surface area contributed by atoms with Crippen molar-refractivity contribution in [3.05, 3.63) is 53.6 Å². The quantitative estimate of drug-likeness (QED) is 0.800. The fourth-order valence-corrected chi connectivity index (χ4v) is 2.48. The zero-order valence-electron chi connectivity index (χ0n) is 10.7. The van der Waals surface area contributed by atoms with Gasteiger partial charge in [0.2, 0.25) is 0 Å². The van der Waals surface area contributed by atoms with Crippen LogP contribution in [0.25, 0.3) is 0 Å². The minimum absolute atomic E-state index is 0.0809. The number of ether oxygens (including phenoxy) is 2. The molecule has 0 radical (unpaired) electrons. The standard InChI is InChI=1S/C15H13BrFNO2/c16-7-12-2-3-13(8-18-12)19-9-14-6-10-5-11(17)1-4-15(10)20-14/h1-5,8,14H,6-7,9H2. The van der Waals surface area contributed by atoms with Crippen LogP contribution in [0.15, 0.2) is 36.5 Å². The Labute approximate surface area is 124 Å². The predicted octanol–water partition coefficient (Wildman–Crippen LogP) is 3.50. The van der Waals surface area contributed by atoms with Crippen molar-refractivity contribution in [1.29, 1.82) is 0 Å². The molecule has 20 heavy (non-hydrogen) atoms. The monoisotopic (exact) mass is 337 g/mol. The van der Waals surface area contributed by atoms with Gasteiger partial charge in [0.25, 0.3) is 0 Å². The highest BCUT2D eigenvalue weighted by molar-refractivity contribution is 9.08. The number of rotatable bonds is 4. The minimum atomic E-state index is -0.233. The number of fused-ring (bicyclic) bond motifs is 1. The summed E-state index contributed by atoms with van der Waals surface area (Å²) in [5.74, 6) is 1.22. The molecule has 104 valence electrons. The van der Waals surface area contributed by atoms with E-state index in [2.05, 4.69) is 20.9 Å².